The molecular weight excluding hydrogens is 624 g/mol. The summed E-state index contributed by atoms with van der Waals surface area (Å²) < 4.78 is 51.1. The van der Waals surface area contributed by atoms with Gasteiger partial charge in [0.1, 0.15) is 6.10 Å². The minimum Gasteiger partial charge on any atom is -0.493 e. The summed E-state index contributed by atoms with van der Waals surface area (Å²) in [6.45, 7) is 15.8. The lowest BCUT2D eigenvalue weighted by molar-refractivity contribution is 0.0209. The van der Waals surface area contributed by atoms with Gasteiger partial charge in [0.2, 0.25) is 11.5 Å². The van der Waals surface area contributed by atoms with Crippen molar-refractivity contribution in [1.29, 1.82) is 0 Å². The van der Waals surface area contributed by atoms with E-state index < -0.39 is 26.4 Å². The molecule has 1 atom stereocenters. The molecule has 0 heterocycles. The highest BCUT2D eigenvalue weighted by Crippen LogP contribution is 2.40. The molecule has 0 fully saturated rings. The number of hydrogen-bond donors (Lipinski definition) is 0. The lowest BCUT2D eigenvalue weighted by atomic mass is 10.1. The molecule has 264 valence electrons. The van der Waals surface area contributed by atoms with Crippen LogP contribution in [0, 0.1) is 5.92 Å². The first-order chi connectivity index (χ1) is 22.1. The monoisotopic (exact) mass is 678 g/mol. The Morgan fingerprint density at radius 2 is 1.19 bits per heavy atom. The Balaban J connectivity index is 2.23. The molecule has 0 N–H and O–H groups in total. The lowest BCUT2D eigenvalue weighted by Crippen LogP contribution is -2.41. The molecule has 0 bridgehead atoms. The van der Waals surface area contributed by atoms with Gasteiger partial charge in [-0.2, -0.15) is 0 Å². The van der Waals surface area contributed by atoms with Crippen molar-refractivity contribution in [2.24, 2.45) is 5.92 Å². The molecule has 47 heavy (non-hydrogen) atoms. The van der Waals surface area contributed by atoms with Crippen molar-refractivity contribution in [2.75, 3.05) is 55.4 Å². The Morgan fingerprint density at radius 3 is 1.66 bits per heavy atom. The molecule has 0 aliphatic rings. The van der Waals surface area contributed by atoms with Crippen LogP contribution in [-0.4, -0.2) is 81.7 Å². The maximum atomic E-state index is 13.4. The van der Waals surface area contributed by atoms with Gasteiger partial charge in [-0.05, 0) is 61.2 Å². The summed E-state index contributed by atoms with van der Waals surface area (Å²) in [5, 5.41) is 0.0407. The van der Waals surface area contributed by atoms with Gasteiger partial charge >= 0.3 is 11.9 Å². The fourth-order valence-electron chi connectivity index (χ4n) is 4.32. The third-order valence-corrected chi connectivity index (χ3v) is 12.6. The number of benzene rings is 2. The van der Waals surface area contributed by atoms with E-state index in [-0.39, 0.29) is 23.1 Å². The summed E-state index contributed by atoms with van der Waals surface area (Å²) in [5.41, 5.74) is 0.558. The van der Waals surface area contributed by atoms with Crippen molar-refractivity contribution >= 4 is 20.3 Å². The van der Waals surface area contributed by atoms with Gasteiger partial charge in [-0.3, -0.25) is 0 Å². The van der Waals surface area contributed by atoms with Gasteiger partial charge in [0.05, 0.1) is 59.9 Å². The van der Waals surface area contributed by atoms with E-state index in [1.165, 1.54) is 35.5 Å². The van der Waals surface area contributed by atoms with Crippen LogP contribution in [0.2, 0.25) is 18.1 Å². The Bertz CT molecular complexity index is 1290. The van der Waals surface area contributed by atoms with Crippen molar-refractivity contribution in [3.8, 4) is 34.5 Å². The third kappa shape index (κ3) is 11.2. The summed E-state index contributed by atoms with van der Waals surface area (Å²) in [6.07, 6.45) is 1.05. The minimum atomic E-state index is -2.02. The molecule has 0 saturated carbocycles. The predicted octanol–water partition coefficient (Wildman–Crippen LogP) is 7.34. The second-order valence-electron chi connectivity index (χ2n) is 13.0. The van der Waals surface area contributed by atoms with Crippen molar-refractivity contribution in [1.82, 2.24) is 0 Å². The SMILES string of the molecule is COc1cc(C(=O)OC(CCCOc2cc(C(=O)OCC(C)C)cc(OC)c2OC)CCO[Si](C)(C)C(C)(C)C)cc(OC)c1OC. The molecule has 11 nitrogen and oxygen atoms in total. The minimum absolute atomic E-state index is 0.0407. The van der Waals surface area contributed by atoms with Crippen LogP contribution in [0.25, 0.3) is 0 Å². The zero-order chi connectivity index (χ0) is 35.4. The number of carbonyl (C=O) groups is 2. The van der Waals surface area contributed by atoms with Crippen LogP contribution < -0.4 is 28.4 Å². The van der Waals surface area contributed by atoms with Crippen molar-refractivity contribution in [3.05, 3.63) is 35.4 Å². The lowest BCUT2D eigenvalue weighted by Gasteiger charge is -2.36. The van der Waals surface area contributed by atoms with Crippen molar-refractivity contribution in [2.45, 2.75) is 78.1 Å². The molecule has 2 rings (SSSR count). The molecular formula is C35H54O11Si. The first-order valence-corrected chi connectivity index (χ1v) is 18.7. The summed E-state index contributed by atoms with van der Waals surface area (Å²) in [4.78, 5) is 26.1. The molecule has 1 unspecified atom stereocenters. The molecule has 0 spiro atoms. The maximum absolute atomic E-state index is 13.4. The summed E-state index contributed by atoms with van der Waals surface area (Å²) in [6, 6.07) is 6.28. The number of ether oxygens (including phenoxy) is 8. The van der Waals surface area contributed by atoms with E-state index in [2.05, 4.69) is 33.9 Å². The standard InChI is InChI=1S/C35H54O11Si/c1-23(2)22-44-33(36)24-18-29(40-8)32(42-10)30(21-24)43-16-13-14-26(15-17-45-47(11,12)35(3,4)5)46-34(37)25-19-27(38-6)31(41-9)28(20-25)39-7/h18-21,23,26H,13-17,22H2,1-12H3. The van der Waals surface area contributed by atoms with Gasteiger partial charge in [0.15, 0.2) is 31.3 Å². The zero-order valence-electron chi connectivity index (χ0n) is 30.2. The number of methoxy groups -OCH3 is 5. The largest absolute Gasteiger partial charge is 0.493 e. The van der Waals surface area contributed by atoms with Crippen LogP contribution in [0.4, 0.5) is 0 Å². The topological polar surface area (TPSA) is 117 Å². The van der Waals surface area contributed by atoms with Crippen molar-refractivity contribution < 1.29 is 51.9 Å². The van der Waals surface area contributed by atoms with Crippen LogP contribution in [0.3, 0.4) is 0 Å². The highest BCUT2D eigenvalue weighted by atomic mass is 28.4. The van der Waals surface area contributed by atoms with E-state index in [0.29, 0.717) is 72.5 Å². The highest BCUT2D eigenvalue weighted by Gasteiger charge is 2.37. The zero-order valence-corrected chi connectivity index (χ0v) is 31.2. The molecule has 0 saturated heterocycles. The average Bonchev–Trinajstić information content (AvgIpc) is 3.03. The Morgan fingerprint density at radius 1 is 0.702 bits per heavy atom. The molecule has 0 aliphatic heterocycles. The number of rotatable bonds is 19. The van der Waals surface area contributed by atoms with Crippen LogP contribution in [0.1, 0.15) is 74.6 Å². The first kappa shape index (κ1) is 39.5. The van der Waals surface area contributed by atoms with Crippen LogP contribution >= 0.6 is 0 Å². The summed E-state index contributed by atoms with van der Waals surface area (Å²) in [5.74, 6) is 1.32. The van der Waals surface area contributed by atoms with E-state index in [9.17, 15) is 9.59 Å². The van der Waals surface area contributed by atoms with E-state index >= 15 is 0 Å². The van der Waals surface area contributed by atoms with E-state index in [4.69, 9.17) is 42.3 Å². The Kier molecular flexibility index (Phi) is 15.2. The highest BCUT2D eigenvalue weighted by molar-refractivity contribution is 6.74. The molecule has 2 aromatic rings. The third-order valence-electron chi connectivity index (χ3n) is 8.04. The molecule has 0 radical (unpaired) electrons. The van der Waals surface area contributed by atoms with Gasteiger partial charge in [0, 0.05) is 13.0 Å². The number of esters is 2. The Hall–Kier alpha value is -3.64. The fourth-order valence-corrected chi connectivity index (χ4v) is 5.38. The van der Waals surface area contributed by atoms with Gasteiger partial charge < -0.3 is 42.3 Å². The van der Waals surface area contributed by atoms with E-state index in [0.717, 1.165) is 0 Å². The molecule has 0 amide bonds. The van der Waals surface area contributed by atoms with E-state index in [1.54, 1.807) is 24.3 Å². The Labute approximate surface area is 281 Å². The average molecular weight is 679 g/mol. The van der Waals surface area contributed by atoms with Crippen LogP contribution in [0.5, 0.6) is 34.5 Å². The number of carbonyl (C=O) groups excluding carboxylic acids is 2. The van der Waals surface area contributed by atoms with Gasteiger partial charge in [0.25, 0.3) is 0 Å². The molecule has 0 aromatic heterocycles. The second kappa shape index (κ2) is 18.0. The molecule has 2 aromatic carbocycles. The summed E-state index contributed by atoms with van der Waals surface area (Å²) >= 11 is 0. The number of hydrogen-bond acceptors (Lipinski definition) is 11. The van der Waals surface area contributed by atoms with Gasteiger partial charge in [-0.1, -0.05) is 34.6 Å². The smallest absolute Gasteiger partial charge is 0.338 e. The molecule has 0 aliphatic carbocycles. The predicted molar refractivity (Wildman–Crippen MR) is 182 cm³/mol. The molecule has 12 heteroatoms. The van der Waals surface area contributed by atoms with Crippen molar-refractivity contribution in [3.63, 3.8) is 0 Å². The normalized spacial score (nSPS) is 12.3. The van der Waals surface area contributed by atoms with Crippen LogP contribution in [-0.2, 0) is 13.9 Å². The van der Waals surface area contributed by atoms with E-state index in [1.807, 2.05) is 13.8 Å². The maximum Gasteiger partial charge on any atom is 0.338 e. The van der Waals surface area contributed by atoms with Gasteiger partial charge in [-0.25, -0.2) is 9.59 Å². The second-order valence-corrected chi connectivity index (χ2v) is 17.8. The van der Waals surface area contributed by atoms with Gasteiger partial charge in [-0.15, -0.1) is 0 Å². The van der Waals surface area contributed by atoms with Crippen LogP contribution in [0.15, 0.2) is 24.3 Å². The quantitative estimate of drug-likeness (QED) is 0.0844. The fraction of sp³-hybridized carbons (Fsp3) is 0.600. The first-order valence-electron chi connectivity index (χ1n) is 15.8. The summed E-state index contributed by atoms with van der Waals surface area (Å²) in [7, 11) is 5.45.